The van der Waals surface area contributed by atoms with Gasteiger partial charge >= 0.3 is 0 Å². The third-order valence-electron chi connectivity index (χ3n) is 7.46. The quantitative estimate of drug-likeness (QED) is 0.316. The van der Waals surface area contributed by atoms with E-state index < -0.39 is 17.3 Å². The summed E-state index contributed by atoms with van der Waals surface area (Å²) < 4.78 is 11.4. The lowest BCUT2D eigenvalue weighted by Gasteiger charge is -2.37. The molecule has 2 fully saturated rings. The van der Waals surface area contributed by atoms with Crippen LogP contribution in [0.3, 0.4) is 0 Å². The molecule has 3 amide bonds. The summed E-state index contributed by atoms with van der Waals surface area (Å²) in [4.78, 5) is 40.7. The van der Waals surface area contributed by atoms with E-state index in [1.165, 1.54) is 4.90 Å². The van der Waals surface area contributed by atoms with Crippen molar-refractivity contribution in [1.29, 1.82) is 0 Å². The molecule has 0 aliphatic carbocycles. The fourth-order valence-electron chi connectivity index (χ4n) is 5.34. The van der Waals surface area contributed by atoms with Gasteiger partial charge in [-0.15, -0.1) is 0 Å². The Hall–Kier alpha value is -2.84. The van der Waals surface area contributed by atoms with Crippen LogP contribution in [0.15, 0.2) is 18.2 Å². The third-order valence-corrected chi connectivity index (χ3v) is 7.46. The molecule has 2 aromatic carbocycles. The van der Waals surface area contributed by atoms with Crippen LogP contribution in [0.4, 0.5) is 0 Å². The topological polar surface area (TPSA) is 88.2 Å². The lowest BCUT2D eigenvalue weighted by Crippen LogP contribution is -2.55. The Kier molecular flexibility index (Phi) is 7.55. The normalized spacial score (nSPS) is 20.2. The minimum Gasteiger partial charge on any atom is -0.502 e. The molecular formula is C25H21B6N3O5. The average Bonchev–Trinajstić information content (AvgIpc) is 3.23. The van der Waals surface area contributed by atoms with Crippen LogP contribution in [0.1, 0.15) is 39.9 Å². The lowest BCUT2D eigenvalue weighted by atomic mass is 9.52. The Labute approximate surface area is 235 Å². The first-order valence-corrected chi connectivity index (χ1v) is 12.6. The summed E-state index contributed by atoms with van der Waals surface area (Å²) in [5.74, 6) is -1.06. The van der Waals surface area contributed by atoms with Crippen molar-refractivity contribution in [2.75, 3.05) is 26.3 Å². The maximum atomic E-state index is 13.2. The first kappa shape index (κ1) is 27.7. The standard InChI is InChI=1S/C25H21B6N3O5/c26-19-14(10-33-6-8-38-9-7-33)20(27)22(29)18(21(19)28)25(30,31)39-16-3-1-2-12-13(16)11-34(24(12)37)15-4-5-17(35)32-23(15)36/h1-3,15H,4-11H2,(H,32,35,36). The number of hydrogen-bond acceptors (Lipinski definition) is 6. The zero-order valence-corrected chi connectivity index (χ0v) is 21.4. The SMILES string of the molecule is [B]c1c([B])c(C([B])([B])Oc2cccc3c2CN(C2CCC(=O)NC2=O)C3=O)c([B])c([B])c1CN1CCOCC1. The number of carbonyl (C=O) groups is 3. The van der Waals surface area contributed by atoms with Crippen molar-refractivity contribution in [3.8, 4) is 5.75 Å². The van der Waals surface area contributed by atoms with Crippen molar-refractivity contribution < 1.29 is 23.9 Å². The van der Waals surface area contributed by atoms with E-state index in [0.29, 0.717) is 49.5 Å². The molecule has 8 nitrogen and oxygen atoms in total. The average molecular weight is 508 g/mol. The molecule has 0 saturated carbocycles. The van der Waals surface area contributed by atoms with Crippen LogP contribution < -0.4 is 31.9 Å². The summed E-state index contributed by atoms with van der Waals surface area (Å²) in [6.45, 7) is 3.07. The zero-order chi connectivity index (χ0) is 28.1. The number of benzene rings is 2. The van der Waals surface area contributed by atoms with Gasteiger partial charge < -0.3 is 14.4 Å². The van der Waals surface area contributed by atoms with Crippen molar-refractivity contribution >= 4 is 86.7 Å². The summed E-state index contributed by atoms with van der Waals surface area (Å²) in [5, 5.41) is 0.202. The number of nitrogens with zero attached hydrogens (tertiary/aromatic N) is 2. The van der Waals surface area contributed by atoms with E-state index >= 15 is 0 Å². The van der Waals surface area contributed by atoms with E-state index in [2.05, 4.69) is 10.2 Å². The maximum Gasteiger partial charge on any atom is 0.255 e. The van der Waals surface area contributed by atoms with Gasteiger partial charge in [0, 0.05) is 42.6 Å². The highest BCUT2D eigenvalue weighted by Gasteiger charge is 2.41. The predicted octanol–water partition coefficient (Wildman–Crippen LogP) is -4.02. The fourth-order valence-corrected chi connectivity index (χ4v) is 5.34. The van der Waals surface area contributed by atoms with Crippen LogP contribution in [0, 0.1) is 0 Å². The molecule has 1 N–H and O–H groups in total. The molecule has 39 heavy (non-hydrogen) atoms. The number of carbonyl (C=O) groups excluding carboxylic acids is 3. The molecule has 3 aliphatic heterocycles. The monoisotopic (exact) mass is 509 g/mol. The van der Waals surface area contributed by atoms with Crippen LogP contribution >= 0.6 is 0 Å². The molecule has 5 rings (SSSR count). The van der Waals surface area contributed by atoms with Gasteiger partial charge in [0.2, 0.25) is 11.8 Å². The van der Waals surface area contributed by atoms with Gasteiger partial charge in [-0.3, -0.25) is 24.6 Å². The molecule has 1 unspecified atom stereocenters. The summed E-state index contributed by atoms with van der Waals surface area (Å²) in [7, 11) is 38.5. The third kappa shape index (κ3) is 5.09. The molecular weight excluding hydrogens is 487 g/mol. The van der Waals surface area contributed by atoms with Crippen molar-refractivity contribution in [3.05, 3.63) is 40.5 Å². The maximum absolute atomic E-state index is 13.2. The van der Waals surface area contributed by atoms with Crippen LogP contribution in [0.2, 0.25) is 0 Å². The van der Waals surface area contributed by atoms with Crippen LogP contribution in [-0.2, 0) is 32.8 Å². The second kappa shape index (κ2) is 10.6. The van der Waals surface area contributed by atoms with E-state index in [9.17, 15) is 14.4 Å². The summed E-state index contributed by atoms with van der Waals surface area (Å²) in [6, 6.07) is 4.03. The van der Waals surface area contributed by atoms with Gasteiger partial charge in [0.15, 0.2) is 0 Å². The molecule has 2 saturated heterocycles. The molecule has 3 heterocycles. The van der Waals surface area contributed by atoms with Gasteiger partial charge in [0.05, 0.1) is 19.8 Å². The van der Waals surface area contributed by atoms with Crippen LogP contribution in [-0.4, -0.2) is 107 Å². The second-order valence-electron chi connectivity index (χ2n) is 9.97. The number of amides is 3. The number of nitrogens with one attached hydrogen (secondary N) is 1. The van der Waals surface area contributed by atoms with E-state index in [1.807, 2.05) is 0 Å². The number of piperidine rings is 1. The first-order valence-electron chi connectivity index (χ1n) is 12.6. The number of fused-ring (bicyclic) bond motifs is 1. The number of rotatable bonds is 6. The smallest absolute Gasteiger partial charge is 0.255 e. The zero-order valence-electron chi connectivity index (χ0n) is 21.4. The Morgan fingerprint density at radius 2 is 1.67 bits per heavy atom. The van der Waals surface area contributed by atoms with Crippen molar-refractivity contribution in [1.82, 2.24) is 15.1 Å². The minimum atomic E-state index is -2.08. The number of imide groups is 1. The molecule has 2 aromatic rings. The van der Waals surface area contributed by atoms with E-state index in [-0.39, 0.29) is 64.4 Å². The molecule has 1 atom stereocenters. The Balaban J connectivity index is 1.44. The molecule has 0 bridgehead atoms. The first-order chi connectivity index (χ1) is 18.5. The molecule has 14 heteroatoms. The number of morpholine rings is 1. The molecule has 12 radical (unpaired) electrons. The van der Waals surface area contributed by atoms with Gasteiger partial charge in [-0.25, -0.2) is 0 Å². The van der Waals surface area contributed by atoms with Crippen molar-refractivity contribution in [2.45, 2.75) is 37.4 Å². The van der Waals surface area contributed by atoms with Crippen molar-refractivity contribution in [2.24, 2.45) is 0 Å². The lowest BCUT2D eigenvalue weighted by molar-refractivity contribution is -0.136. The fraction of sp³-hybridized carbons (Fsp3) is 0.400. The summed E-state index contributed by atoms with van der Waals surface area (Å²) >= 11 is 0. The van der Waals surface area contributed by atoms with Gasteiger partial charge in [0.25, 0.3) is 5.91 Å². The predicted molar refractivity (Wildman–Crippen MR) is 150 cm³/mol. The van der Waals surface area contributed by atoms with Crippen LogP contribution in [0.25, 0.3) is 0 Å². The number of ether oxygens (including phenoxy) is 2. The molecule has 3 aliphatic rings. The van der Waals surface area contributed by atoms with E-state index in [0.717, 1.165) is 0 Å². The van der Waals surface area contributed by atoms with Gasteiger partial charge in [-0.1, -0.05) is 27.9 Å². The van der Waals surface area contributed by atoms with E-state index in [1.54, 1.807) is 18.2 Å². The van der Waals surface area contributed by atoms with Gasteiger partial charge in [-0.2, -0.15) is 0 Å². The second-order valence-corrected chi connectivity index (χ2v) is 9.97. The minimum absolute atomic E-state index is 0.0205. The van der Waals surface area contributed by atoms with E-state index in [4.69, 9.17) is 56.6 Å². The molecule has 0 spiro atoms. The van der Waals surface area contributed by atoms with Gasteiger partial charge in [-0.05, 0) is 29.7 Å². The van der Waals surface area contributed by atoms with Gasteiger partial charge in [0.1, 0.15) is 58.9 Å². The Morgan fingerprint density at radius 1 is 1.00 bits per heavy atom. The Morgan fingerprint density at radius 3 is 2.31 bits per heavy atom. The highest BCUT2D eigenvalue weighted by Crippen LogP contribution is 2.35. The molecule has 0 aromatic heterocycles. The highest BCUT2D eigenvalue weighted by atomic mass is 16.5. The number of hydrogen-bond donors (Lipinski definition) is 1. The summed E-state index contributed by atoms with van der Waals surface area (Å²) in [5.41, 5.74) is 1.88. The Bertz CT molecular complexity index is 1340. The van der Waals surface area contributed by atoms with Crippen LogP contribution in [0.5, 0.6) is 5.75 Å². The molecule has 184 valence electrons. The highest BCUT2D eigenvalue weighted by molar-refractivity contribution is 6.59. The summed E-state index contributed by atoms with van der Waals surface area (Å²) in [6.07, 6.45) is 0.359. The van der Waals surface area contributed by atoms with Crippen molar-refractivity contribution in [3.63, 3.8) is 0 Å². The largest absolute Gasteiger partial charge is 0.502 e.